The Kier molecular flexibility index (Phi) is 2.99. The van der Waals surface area contributed by atoms with Crippen LogP contribution in [-0.2, 0) is 11.2 Å². The van der Waals surface area contributed by atoms with E-state index in [1.807, 2.05) is 6.07 Å². The molecule has 1 fully saturated rings. The molecule has 3 rings (SSSR count). The van der Waals surface area contributed by atoms with Gasteiger partial charge in [-0.1, -0.05) is 0 Å². The predicted molar refractivity (Wildman–Crippen MR) is 70.2 cm³/mol. The highest BCUT2D eigenvalue weighted by Crippen LogP contribution is 2.47. The first-order valence-electron chi connectivity index (χ1n) is 6.19. The van der Waals surface area contributed by atoms with E-state index in [9.17, 15) is 9.59 Å². The predicted octanol–water partition coefficient (Wildman–Crippen LogP) is 1.10. The maximum absolute atomic E-state index is 12.0. The monoisotopic (exact) mass is 278 g/mol. The summed E-state index contributed by atoms with van der Waals surface area (Å²) in [6, 6.07) is 5.31. The SMILES string of the molecule is O=C(NO)c1ccc2c(c1)CCC1(CCNC1=O)S2. The van der Waals surface area contributed by atoms with Gasteiger partial charge >= 0.3 is 0 Å². The van der Waals surface area contributed by atoms with Crippen molar-refractivity contribution in [3.63, 3.8) is 0 Å². The molecule has 1 aromatic rings. The van der Waals surface area contributed by atoms with Crippen LogP contribution in [0.5, 0.6) is 0 Å². The number of carbonyl (C=O) groups excluding carboxylic acids is 2. The number of benzene rings is 1. The van der Waals surface area contributed by atoms with E-state index in [2.05, 4.69) is 5.32 Å². The number of aryl methyl sites for hydroxylation is 1. The van der Waals surface area contributed by atoms with E-state index < -0.39 is 5.91 Å². The molecule has 0 saturated carbocycles. The zero-order chi connectivity index (χ0) is 13.5. The minimum atomic E-state index is -0.508. The van der Waals surface area contributed by atoms with Gasteiger partial charge < -0.3 is 5.32 Å². The zero-order valence-electron chi connectivity index (χ0n) is 10.2. The highest BCUT2D eigenvalue weighted by molar-refractivity contribution is 8.01. The molecule has 0 aromatic heterocycles. The third-order valence-electron chi connectivity index (χ3n) is 3.76. The number of nitrogens with one attached hydrogen (secondary N) is 2. The second kappa shape index (κ2) is 4.54. The van der Waals surface area contributed by atoms with Gasteiger partial charge in [-0.05, 0) is 43.0 Å². The lowest BCUT2D eigenvalue weighted by Crippen LogP contribution is -2.37. The first kappa shape index (κ1) is 12.5. The number of hydroxylamine groups is 1. The maximum Gasteiger partial charge on any atom is 0.274 e. The Bertz CT molecular complexity index is 561. The van der Waals surface area contributed by atoms with Gasteiger partial charge in [-0.25, -0.2) is 5.48 Å². The lowest BCUT2D eigenvalue weighted by molar-refractivity contribution is -0.121. The highest BCUT2D eigenvalue weighted by Gasteiger charge is 2.45. The molecule has 19 heavy (non-hydrogen) atoms. The lowest BCUT2D eigenvalue weighted by Gasteiger charge is -2.31. The molecule has 0 radical (unpaired) electrons. The average Bonchev–Trinajstić information content (AvgIpc) is 2.78. The van der Waals surface area contributed by atoms with E-state index in [-0.39, 0.29) is 10.7 Å². The van der Waals surface area contributed by atoms with Crippen LogP contribution in [0.4, 0.5) is 0 Å². The smallest absolute Gasteiger partial charge is 0.274 e. The van der Waals surface area contributed by atoms with E-state index in [0.717, 1.165) is 36.3 Å². The second-order valence-electron chi connectivity index (χ2n) is 4.87. The largest absolute Gasteiger partial charge is 0.355 e. The zero-order valence-corrected chi connectivity index (χ0v) is 11.0. The molecule has 2 amide bonds. The number of hydrogen-bond acceptors (Lipinski definition) is 4. The molecule has 1 atom stereocenters. The summed E-state index contributed by atoms with van der Waals surface area (Å²) in [7, 11) is 0. The van der Waals surface area contributed by atoms with Crippen LogP contribution in [0.25, 0.3) is 0 Å². The van der Waals surface area contributed by atoms with Crippen LogP contribution in [0, 0.1) is 0 Å². The number of hydrogen-bond donors (Lipinski definition) is 3. The molecule has 0 bridgehead atoms. The van der Waals surface area contributed by atoms with E-state index in [0.29, 0.717) is 5.56 Å². The summed E-state index contributed by atoms with van der Waals surface area (Å²) in [5, 5.41) is 11.5. The van der Waals surface area contributed by atoms with Crippen LogP contribution in [0.2, 0.25) is 0 Å². The summed E-state index contributed by atoms with van der Waals surface area (Å²) >= 11 is 1.60. The average molecular weight is 278 g/mol. The molecular formula is C13H14N2O3S. The number of amides is 2. The van der Waals surface area contributed by atoms with E-state index in [1.165, 1.54) is 0 Å². The van der Waals surface area contributed by atoms with Crippen molar-refractivity contribution in [2.45, 2.75) is 28.9 Å². The molecule has 2 aliphatic rings. The van der Waals surface area contributed by atoms with Crippen molar-refractivity contribution in [1.82, 2.24) is 10.8 Å². The van der Waals surface area contributed by atoms with Gasteiger partial charge in [0.15, 0.2) is 0 Å². The molecule has 3 N–H and O–H groups in total. The van der Waals surface area contributed by atoms with Gasteiger partial charge in [0.2, 0.25) is 5.91 Å². The van der Waals surface area contributed by atoms with E-state index >= 15 is 0 Å². The van der Waals surface area contributed by atoms with Crippen molar-refractivity contribution in [2.24, 2.45) is 0 Å². The van der Waals surface area contributed by atoms with Crippen molar-refractivity contribution in [2.75, 3.05) is 6.54 Å². The molecule has 5 nitrogen and oxygen atoms in total. The van der Waals surface area contributed by atoms with Crippen molar-refractivity contribution in [1.29, 1.82) is 0 Å². The molecule has 0 aliphatic carbocycles. The molecule has 1 spiro atoms. The Labute approximate surface area is 114 Å². The number of carbonyl (C=O) groups is 2. The van der Waals surface area contributed by atoms with E-state index in [1.54, 1.807) is 29.4 Å². The topological polar surface area (TPSA) is 78.4 Å². The summed E-state index contributed by atoms with van der Waals surface area (Å²) in [5.41, 5.74) is 3.14. The molecular weight excluding hydrogens is 264 g/mol. The second-order valence-corrected chi connectivity index (χ2v) is 6.29. The van der Waals surface area contributed by atoms with Crippen LogP contribution in [0.3, 0.4) is 0 Å². The number of rotatable bonds is 1. The maximum atomic E-state index is 12.0. The van der Waals surface area contributed by atoms with Gasteiger partial charge in [0, 0.05) is 17.0 Å². The van der Waals surface area contributed by atoms with Gasteiger partial charge in [-0.15, -0.1) is 11.8 Å². The third-order valence-corrected chi connectivity index (χ3v) is 5.36. The van der Waals surface area contributed by atoms with Gasteiger partial charge in [0.1, 0.15) is 4.75 Å². The number of fused-ring (bicyclic) bond motifs is 1. The molecule has 1 aromatic carbocycles. The summed E-state index contributed by atoms with van der Waals surface area (Å²) in [6.07, 6.45) is 2.43. The van der Waals surface area contributed by atoms with Gasteiger partial charge in [0.05, 0.1) is 0 Å². The van der Waals surface area contributed by atoms with E-state index in [4.69, 9.17) is 5.21 Å². The normalized spacial score (nSPS) is 25.0. The molecule has 6 heteroatoms. The van der Waals surface area contributed by atoms with Gasteiger partial charge in [-0.2, -0.15) is 0 Å². The van der Waals surface area contributed by atoms with Crippen molar-refractivity contribution in [3.8, 4) is 0 Å². The fraction of sp³-hybridized carbons (Fsp3) is 0.385. The Morgan fingerprint density at radius 3 is 2.95 bits per heavy atom. The summed E-state index contributed by atoms with van der Waals surface area (Å²) in [6.45, 7) is 0.742. The van der Waals surface area contributed by atoms with Crippen LogP contribution >= 0.6 is 11.8 Å². The summed E-state index contributed by atoms with van der Waals surface area (Å²) in [5.74, 6) is -0.382. The van der Waals surface area contributed by atoms with Crippen LogP contribution in [0.1, 0.15) is 28.8 Å². The van der Waals surface area contributed by atoms with Crippen LogP contribution in [-0.4, -0.2) is 28.3 Å². The fourth-order valence-electron chi connectivity index (χ4n) is 2.67. The first-order chi connectivity index (χ1) is 9.14. The lowest BCUT2D eigenvalue weighted by atomic mass is 9.95. The Balaban J connectivity index is 1.91. The molecule has 2 heterocycles. The van der Waals surface area contributed by atoms with Crippen LogP contribution < -0.4 is 10.8 Å². The highest BCUT2D eigenvalue weighted by atomic mass is 32.2. The van der Waals surface area contributed by atoms with Crippen molar-refractivity contribution < 1.29 is 14.8 Å². The summed E-state index contributed by atoms with van der Waals surface area (Å²) in [4.78, 5) is 24.4. The Morgan fingerprint density at radius 2 is 2.26 bits per heavy atom. The molecule has 2 aliphatic heterocycles. The third kappa shape index (κ3) is 2.01. The number of thioether (sulfide) groups is 1. The Morgan fingerprint density at radius 1 is 1.42 bits per heavy atom. The molecule has 1 unspecified atom stereocenters. The summed E-state index contributed by atoms with van der Waals surface area (Å²) < 4.78 is -0.326. The van der Waals surface area contributed by atoms with Gasteiger partial charge in [0.25, 0.3) is 5.91 Å². The van der Waals surface area contributed by atoms with Crippen LogP contribution in [0.15, 0.2) is 23.1 Å². The van der Waals surface area contributed by atoms with Crippen molar-refractivity contribution in [3.05, 3.63) is 29.3 Å². The fourth-order valence-corrected chi connectivity index (χ4v) is 4.09. The van der Waals surface area contributed by atoms with Gasteiger partial charge in [-0.3, -0.25) is 14.8 Å². The molecule has 100 valence electrons. The quantitative estimate of drug-likeness (QED) is 0.531. The Hall–Kier alpha value is -1.53. The molecule has 1 saturated heterocycles. The van der Waals surface area contributed by atoms with Crippen molar-refractivity contribution >= 4 is 23.6 Å². The minimum absolute atomic E-state index is 0.125. The first-order valence-corrected chi connectivity index (χ1v) is 7.01. The minimum Gasteiger partial charge on any atom is -0.355 e. The standard InChI is InChI=1S/C13H14N2O3S/c16-11(15-18)9-1-2-10-8(7-9)3-4-13(19-10)5-6-14-12(13)17/h1-2,7,18H,3-6H2,(H,14,17)(H,15,16).